The number of guanidine groups is 1. The van der Waals surface area contributed by atoms with E-state index in [-0.39, 0.29) is 22.9 Å². The van der Waals surface area contributed by atoms with Gasteiger partial charge in [0, 0.05) is 38.7 Å². The van der Waals surface area contributed by atoms with Crippen molar-refractivity contribution in [3.8, 4) is 0 Å². The molecule has 0 aromatic rings. The zero-order chi connectivity index (χ0) is 17.3. The minimum atomic E-state index is -0.0958. The number of ether oxygens (including phenoxy) is 2. The van der Waals surface area contributed by atoms with Crippen molar-refractivity contribution < 1.29 is 14.3 Å². The van der Waals surface area contributed by atoms with Crippen molar-refractivity contribution in [1.29, 1.82) is 0 Å². The van der Waals surface area contributed by atoms with E-state index >= 15 is 0 Å². The summed E-state index contributed by atoms with van der Waals surface area (Å²) in [6.07, 6.45) is 2.60. The highest BCUT2D eigenvalue weighted by atomic mass is 16.5. The third kappa shape index (κ3) is 3.18. The first-order chi connectivity index (χ1) is 10.8. The molecule has 2 atom stereocenters. The van der Waals surface area contributed by atoms with Gasteiger partial charge in [0.05, 0.1) is 18.6 Å². The van der Waals surface area contributed by atoms with E-state index in [1.165, 1.54) is 7.11 Å². The SMILES string of the molecule is CN=C(NC1CC(C)(OC)C1(C)C)N1CCC(C(=O)OC)CC1. The van der Waals surface area contributed by atoms with E-state index in [9.17, 15) is 4.79 Å². The van der Waals surface area contributed by atoms with Crippen LogP contribution in [-0.4, -0.2) is 62.8 Å². The molecule has 1 saturated carbocycles. The van der Waals surface area contributed by atoms with Crippen LogP contribution in [0.3, 0.4) is 0 Å². The van der Waals surface area contributed by atoms with E-state index in [1.807, 2.05) is 7.05 Å². The van der Waals surface area contributed by atoms with Crippen molar-refractivity contribution in [1.82, 2.24) is 10.2 Å². The molecule has 2 unspecified atom stereocenters. The molecule has 1 heterocycles. The predicted molar refractivity (Wildman–Crippen MR) is 90.4 cm³/mol. The topological polar surface area (TPSA) is 63.2 Å². The van der Waals surface area contributed by atoms with Gasteiger partial charge in [-0.3, -0.25) is 9.79 Å². The first kappa shape index (κ1) is 18.0. The lowest BCUT2D eigenvalue weighted by atomic mass is 9.56. The number of rotatable bonds is 3. The molecule has 2 fully saturated rings. The zero-order valence-electron chi connectivity index (χ0n) is 15.3. The van der Waals surface area contributed by atoms with E-state index in [0.29, 0.717) is 6.04 Å². The first-order valence-electron chi connectivity index (χ1n) is 8.40. The van der Waals surface area contributed by atoms with Crippen molar-refractivity contribution in [3.63, 3.8) is 0 Å². The molecule has 0 radical (unpaired) electrons. The van der Waals surface area contributed by atoms with Gasteiger partial charge in [0.2, 0.25) is 0 Å². The van der Waals surface area contributed by atoms with Crippen LogP contribution >= 0.6 is 0 Å². The van der Waals surface area contributed by atoms with Crippen LogP contribution in [0.5, 0.6) is 0 Å². The fourth-order valence-corrected chi connectivity index (χ4v) is 3.67. The van der Waals surface area contributed by atoms with Gasteiger partial charge in [-0.2, -0.15) is 0 Å². The Balaban J connectivity index is 1.92. The second-order valence-electron chi connectivity index (χ2n) is 7.39. The number of nitrogens with zero attached hydrogens (tertiary/aromatic N) is 2. The van der Waals surface area contributed by atoms with Crippen LogP contribution in [0.25, 0.3) is 0 Å². The number of hydrogen-bond donors (Lipinski definition) is 1. The number of methoxy groups -OCH3 is 2. The van der Waals surface area contributed by atoms with Crippen LogP contribution in [0.1, 0.15) is 40.0 Å². The molecule has 6 nitrogen and oxygen atoms in total. The van der Waals surface area contributed by atoms with Crippen LogP contribution in [0.4, 0.5) is 0 Å². The molecule has 0 spiro atoms. The van der Waals surface area contributed by atoms with Crippen LogP contribution in [0.2, 0.25) is 0 Å². The Morgan fingerprint density at radius 3 is 2.26 bits per heavy atom. The molecule has 23 heavy (non-hydrogen) atoms. The molecule has 0 aromatic carbocycles. The standard InChI is InChI=1S/C17H31N3O3/c1-16(2)13(11-17(16,3)23-6)19-15(18-4)20-9-7-12(8-10-20)14(21)22-5/h12-13H,7-11H2,1-6H3,(H,18,19). The molecule has 2 rings (SSSR count). The van der Waals surface area contributed by atoms with Crippen molar-refractivity contribution in [2.45, 2.75) is 51.7 Å². The van der Waals surface area contributed by atoms with Gasteiger partial charge in [-0.25, -0.2) is 0 Å². The third-order valence-corrected chi connectivity index (χ3v) is 6.12. The Morgan fingerprint density at radius 1 is 1.22 bits per heavy atom. The largest absolute Gasteiger partial charge is 0.469 e. The van der Waals surface area contributed by atoms with Gasteiger partial charge in [0.25, 0.3) is 0 Å². The molecule has 6 heteroatoms. The van der Waals surface area contributed by atoms with E-state index in [0.717, 1.165) is 38.3 Å². The molecular weight excluding hydrogens is 294 g/mol. The first-order valence-corrected chi connectivity index (χ1v) is 8.40. The van der Waals surface area contributed by atoms with E-state index in [1.54, 1.807) is 7.11 Å². The number of nitrogens with one attached hydrogen (secondary N) is 1. The third-order valence-electron chi connectivity index (χ3n) is 6.12. The minimum Gasteiger partial charge on any atom is -0.469 e. The maximum Gasteiger partial charge on any atom is 0.308 e. The maximum absolute atomic E-state index is 11.6. The van der Waals surface area contributed by atoms with Crippen LogP contribution in [0.15, 0.2) is 4.99 Å². The number of carbonyl (C=O) groups is 1. The Hall–Kier alpha value is -1.30. The molecule has 132 valence electrons. The van der Waals surface area contributed by atoms with Gasteiger partial charge >= 0.3 is 5.97 Å². The summed E-state index contributed by atoms with van der Waals surface area (Å²) in [5.74, 6) is 0.847. The fraction of sp³-hybridized carbons (Fsp3) is 0.882. The van der Waals surface area contributed by atoms with Crippen molar-refractivity contribution in [2.75, 3.05) is 34.4 Å². The summed E-state index contributed by atoms with van der Waals surface area (Å²) in [6.45, 7) is 8.28. The molecule has 1 aliphatic heterocycles. The van der Waals surface area contributed by atoms with Crippen LogP contribution < -0.4 is 5.32 Å². The molecule has 0 aromatic heterocycles. The van der Waals surface area contributed by atoms with Crippen LogP contribution in [-0.2, 0) is 14.3 Å². The Labute approximate surface area is 139 Å². The Bertz CT molecular complexity index is 470. The van der Waals surface area contributed by atoms with E-state index < -0.39 is 0 Å². The Morgan fingerprint density at radius 2 is 1.83 bits per heavy atom. The monoisotopic (exact) mass is 325 g/mol. The van der Waals surface area contributed by atoms with Gasteiger partial charge < -0.3 is 19.7 Å². The van der Waals surface area contributed by atoms with Crippen molar-refractivity contribution >= 4 is 11.9 Å². The lowest BCUT2D eigenvalue weighted by Gasteiger charge is -2.59. The summed E-state index contributed by atoms with van der Waals surface area (Å²) in [6, 6.07) is 0.337. The second kappa shape index (κ2) is 6.67. The van der Waals surface area contributed by atoms with Crippen molar-refractivity contribution in [2.24, 2.45) is 16.3 Å². The summed E-state index contributed by atoms with van der Waals surface area (Å²) < 4.78 is 10.5. The quantitative estimate of drug-likeness (QED) is 0.486. The summed E-state index contributed by atoms with van der Waals surface area (Å²) in [5.41, 5.74) is -0.0522. The summed E-state index contributed by atoms with van der Waals surface area (Å²) in [7, 11) is 5.06. The number of hydrogen-bond acceptors (Lipinski definition) is 4. The molecule has 2 aliphatic rings. The van der Waals surface area contributed by atoms with Crippen LogP contribution in [0, 0.1) is 11.3 Å². The molecule has 0 amide bonds. The van der Waals surface area contributed by atoms with Gasteiger partial charge in [-0.1, -0.05) is 13.8 Å². The second-order valence-corrected chi connectivity index (χ2v) is 7.39. The summed E-state index contributed by atoms with van der Waals surface area (Å²) >= 11 is 0. The average Bonchev–Trinajstić information content (AvgIpc) is 2.57. The highest BCUT2D eigenvalue weighted by Crippen LogP contribution is 2.51. The Kier molecular flexibility index (Phi) is 5.23. The maximum atomic E-state index is 11.6. The number of esters is 1. The zero-order valence-corrected chi connectivity index (χ0v) is 15.3. The van der Waals surface area contributed by atoms with E-state index in [2.05, 4.69) is 36.0 Å². The van der Waals surface area contributed by atoms with Gasteiger partial charge in [0.1, 0.15) is 0 Å². The highest BCUT2D eigenvalue weighted by molar-refractivity contribution is 5.81. The van der Waals surface area contributed by atoms with Gasteiger partial charge in [-0.05, 0) is 26.2 Å². The smallest absolute Gasteiger partial charge is 0.308 e. The van der Waals surface area contributed by atoms with E-state index in [4.69, 9.17) is 9.47 Å². The lowest BCUT2D eigenvalue weighted by molar-refractivity contribution is -0.177. The molecule has 1 saturated heterocycles. The lowest BCUT2D eigenvalue weighted by Crippen LogP contribution is -2.69. The summed E-state index contributed by atoms with van der Waals surface area (Å²) in [5, 5.41) is 3.59. The predicted octanol–water partition coefficient (Wildman–Crippen LogP) is 1.65. The number of carbonyl (C=O) groups excluding carboxylic acids is 1. The number of piperidine rings is 1. The average molecular weight is 325 g/mol. The number of likely N-dealkylation sites (tertiary alicyclic amines) is 1. The fourth-order valence-electron chi connectivity index (χ4n) is 3.67. The summed E-state index contributed by atoms with van der Waals surface area (Å²) in [4.78, 5) is 18.3. The van der Waals surface area contributed by atoms with Crippen molar-refractivity contribution in [3.05, 3.63) is 0 Å². The molecular formula is C17H31N3O3. The normalized spacial score (nSPS) is 31.5. The molecule has 1 aliphatic carbocycles. The van der Waals surface area contributed by atoms with Gasteiger partial charge in [0.15, 0.2) is 5.96 Å². The molecule has 1 N–H and O–H groups in total. The highest BCUT2D eigenvalue weighted by Gasteiger charge is 2.58. The molecule has 0 bridgehead atoms. The van der Waals surface area contributed by atoms with Gasteiger partial charge in [-0.15, -0.1) is 0 Å². The number of aliphatic imine (C=N–C) groups is 1. The minimum absolute atomic E-state index is 0.0197.